The van der Waals surface area contributed by atoms with Crippen LogP contribution in [-0.4, -0.2) is 29.8 Å². The predicted molar refractivity (Wildman–Crippen MR) is 61.0 cm³/mol. The maximum absolute atomic E-state index is 11.6. The normalized spacial score (nSPS) is 16.8. The van der Waals surface area contributed by atoms with Gasteiger partial charge in [-0.05, 0) is 13.0 Å². The number of aryl methyl sites for hydroxylation is 1. The Bertz CT molecular complexity index is 460. The van der Waals surface area contributed by atoms with Crippen LogP contribution in [0, 0.1) is 6.92 Å². The lowest BCUT2D eigenvalue weighted by Gasteiger charge is -2.24. The number of carbonyl (C=O) groups excluding carboxylic acids is 3. The van der Waals surface area contributed by atoms with Crippen LogP contribution in [0.1, 0.15) is 17.5 Å². The third kappa shape index (κ3) is 3.52. The summed E-state index contributed by atoms with van der Waals surface area (Å²) < 4.78 is 5.53. The molecule has 1 heterocycles. The van der Waals surface area contributed by atoms with Gasteiger partial charge in [-0.2, -0.15) is 9.59 Å². The van der Waals surface area contributed by atoms with Crippen molar-refractivity contribution < 1.29 is 24.2 Å². The Balaban J connectivity index is 0.000000492. The highest BCUT2D eigenvalue weighted by Gasteiger charge is 2.26. The molecular weight excluding hydrogens is 236 g/mol. The number of hydrogen-bond donors (Lipinski definition) is 1. The Hall–Kier alpha value is -1.97. The van der Waals surface area contributed by atoms with Crippen LogP contribution in [0.5, 0.6) is 5.75 Å². The molecule has 1 aromatic rings. The van der Waals surface area contributed by atoms with Crippen molar-refractivity contribution in [2.75, 3.05) is 6.61 Å². The average Bonchev–Trinajstić information content (AvgIpc) is 2.32. The minimum Gasteiger partial charge on any atom is -0.482 e. The van der Waals surface area contributed by atoms with E-state index in [-0.39, 0.29) is 18.5 Å². The van der Waals surface area contributed by atoms with E-state index in [1.807, 2.05) is 25.1 Å². The van der Waals surface area contributed by atoms with Crippen molar-refractivity contribution in [3.63, 3.8) is 0 Å². The second-order valence-electron chi connectivity index (χ2n) is 3.96. The number of aliphatic hydroxyl groups is 1. The van der Waals surface area contributed by atoms with Crippen LogP contribution in [-0.2, 0) is 20.8 Å². The summed E-state index contributed by atoms with van der Waals surface area (Å²) in [7, 11) is 0. The first-order valence-corrected chi connectivity index (χ1v) is 5.51. The number of ether oxygens (including phenoxy) is 1. The highest BCUT2D eigenvalue weighted by molar-refractivity contribution is 5.87. The zero-order chi connectivity index (χ0) is 13.5. The van der Waals surface area contributed by atoms with Gasteiger partial charge in [0.15, 0.2) is 11.9 Å². The Labute approximate surface area is 104 Å². The molecule has 0 bridgehead atoms. The fourth-order valence-electron chi connectivity index (χ4n) is 1.82. The summed E-state index contributed by atoms with van der Waals surface area (Å²) in [5.41, 5.74) is 2.08. The maximum atomic E-state index is 11.6. The molecule has 0 aliphatic carbocycles. The topological polar surface area (TPSA) is 80.7 Å². The van der Waals surface area contributed by atoms with E-state index in [0.717, 1.165) is 16.9 Å². The molecule has 0 aromatic heterocycles. The van der Waals surface area contributed by atoms with Crippen molar-refractivity contribution in [2.24, 2.45) is 0 Å². The van der Waals surface area contributed by atoms with Crippen LogP contribution < -0.4 is 4.74 Å². The van der Waals surface area contributed by atoms with Crippen LogP contribution in [0.2, 0.25) is 0 Å². The largest absolute Gasteiger partial charge is 0.482 e. The standard InChI is InChI=1S/C12H14O3.CO2/c1-8-2-3-11-9(6-8)7-10(14)12(15-11)4-5-13;2-1-3/h2-3,6,12-13H,4-5,7H2,1H3;/t12-;/m0./s1. The van der Waals surface area contributed by atoms with E-state index in [1.54, 1.807) is 0 Å². The lowest BCUT2D eigenvalue weighted by atomic mass is 9.98. The van der Waals surface area contributed by atoms with Crippen LogP contribution >= 0.6 is 0 Å². The number of carbonyl (C=O) groups is 1. The van der Waals surface area contributed by atoms with Crippen molar-refractivity contribution in [1.82, 2.24) is 0 Å². The third-order valence-electron chi connectivity index (χ3n) is 2.60. The molecule has 0 amide bonds. The molecule has 5 heteroatoms. The Morgan fingerprint density at radius 2 is 2.11 bits per heavy atom. The summed E-state index contributed by atoms with van der Waals surface area (Å²) in [6.07, 6.45) is 0.582. The van der Waals surface area contributed by atoms with E-state index >= 15 is 0 Å². The summed E-state index contributed by atoms with van der Waals surface area (Å²) in [4.78, 5) is 27.9. The van der Waals surface area contributed by atoms with E-state index < -0.39 is 6.10 Å². The highest BCUT2D eigenvalue weighted by Crippen LogP contribution is 2.27. The summed E-state index contributed by atoms with van der Waals surface area (Å²) in [6, 6.07) is 5.83. The minimum atomic E-state index is -0.467. The van der Waals surface area contributed by atoms with Crippen molar-refractivity contribution in [3.05, 3.63) is 29.3 Å². The van der Waals surface area contributed by atoms with E-state index in [4.69, 9.17) is 19.4 Å². The highest BCUT2D eigenvalue weighted by atomic mass is 16.5. The second kappa shape index (κ2) is 6.69. The van der Waals surface area contributed by atoms with Crippen molar-refractivity contribution in [1.29, 1.82) is 0 Å². The van der Waals surface area contributed by atoms with Crippen LogP contribution in [0.3, 0.4) is 0 Å². The van der Waals surface area contributed by atoms with Gasteiger partial charge >= 0.3 is 6.15 Å². The molecule has 0 fully saturated rings. The molecule has 1 atom stereocenters. The SMILES string of the molecule is Cc1ccc2c(c1)CC(=O)[C@H](CCO)O2.O=C=O. The molecule has 1 aliphatic heterocycles. The van der Waals surface area contributed by atoms with E-state index in [9.17, 15) is 4.79 Å². The lowest BCUT2D eigenvalue weighted by Crippen LogP contribution is -2.33. The molecule has 96 valence electrons. The quantitative estimate of drug-likeness (QED) is 0.834. The molecule has 0 saturated heterocycles. The molecule has 0 saturated carbocycles. The first-order valence-electron chi connectivity index (χ1n) is 5.51. The molecule has 1 N–H and O–H groups in total. The first kappa shape index (κ1) is 14.1. The number of rotatable bonds is 2. The van der Waals surface area contributed by atoms with Gasteiger partial charge in [-0.25, -0.2) is 0 Å². The van der Waals surface area contributed by atoms with Gasteiger partial charge < -0.3 is 9.84 Å². The lowest BCUT2D eigenvalue weighted by molar-refractivity contribution is -0.191. The second-order valence-corrected chi connectivity index (χ2v) is 3.96. The van der Waals surface area contributed by atoms with Crippen molar-refractivity contribution >= 4 is 11.9 Å². The molecule has 1 aromatic carbocycles. The molecule has 0 unspecified atom stereocenters. The summed E-state index contributed by atoms with van der Waals surface area (Å²) in [5.74, 6) is 0.834. The van der Waals surface area contributed by atoms with Gasteiger partial charge in [0.1, 0.15) is 5.75 Å². The monoisotopic (exact) mass is 250 g/mol. The Kier molecular flexibility index (Phi) is 5.24. The van der Waals surface area contributed by atoms with Crippen LogP contribution in [0.4, 0.5) is 0 Å². The number of Topliss-reactive ketones (excluding diaryl/α,β-unsaturated/α-hetero) is 1. The zero-order valence-electron chi connectivity index (χ0n) is 10.0. The third-order valence-corrected chi connectivity index (χ3v) is 2.60. The van der Waals surface area contributed by atoms with Gasteiger partial charge in [0, 0.05) is 25.0 Å². The van der Waals surface area contributed by atoms with Gasteiger partial charge in [0.05, 0.1) is 0 Å². The Morgan fingerprint density at radius 3 is 2.72 bits per heavy atom. The van der Waals surface area contributed by atoms with Gasteiger partial charge in [0.2, 0.25) is 0 Å². The smallest absolute Gasteiger partial charge is 0.373 e. The minimum absolute atomic E-state index is 0.0163. The van der Waals surface area contributed by atoms with Crippen molar-refractivity contribution in [3.8, 4) is 5.75 Å². The maximum Gasteiger partial charge on any atom is 0.373 e. The number of aliphatic hydroxyl groups excluding tert-OH is 1. The molecule has 2 rings (SSSR count). The molecule has 0 radical (unpaired) electrons. The zero-order valence-corrected chi connectivity index (χ0v) is 10.0. The molecule has 1 aliphatic rings. The van der Waals surface area contributed by atoms with Gasteiger partial charge in [-0.3, -0.25) is 4.79 Å². The average molecular weight is 250 g/mol. The summed E-state index contributed by atoms with van der Waals surface area (Å²) >= 11 is 0. The number of ketones is 1. The van der Waals surface area contributed by atoms with E-state index in [2.05, 4.69) is 0 Å². The van der Waals surface area contributed by atoms with Gasteiger partial charge in [-0.15, -0.1) is 0 Å². The number of benzene rings is 1. The summed E-state index contributed by atoms with van der Waals surface area (Å²) in [5, 5.41) is 8.80. The summed E-state index contributed by atoms with van der Waals surface area (Å²) in [6.45, 7) is 1.97. The van der Waals surface area contributed by atoms with Crippen LogP contribution in [0.15, 0.2) is 18.2 Å². The fraction of sp³-hybridized carbons (Fsp3) is 0.385. The molecule has 0 spiro atoms. The molecule has 5 nitrogen and oxygen atoms in total. The van der Waals surface area contributed by atoms with Gasteiger partial charge in [0.25, 0.3) is 0 Å². The van der Waals surface area contributed by atoms with Crippen molar-refractivity contribution in [2.45, 2.75) is 25.9 Å². The van der Waals surface area contributed by atoms with E-state index in [0.29, 0.717) is 12.8 Å². The van der Waals surface area contributed by atoms with Gasteiger partial charge in [-0.1, -0.05) is 17.7 Å². The fourth-order valence-corrected chi connectivity index (χ4v) is 1.82. The first-order chi connectivity index (χ1) is 8.62. The number of hydrogen-bond acceptors (Lipinski definition) is 5. The number of fused-ring (bicyclic) bond motifs is 1. The van der Waals surface area contributed by atoms with E-state index in [1.165, 1.54) is 0 Å². The predicted octanol–water partition coefficient (Wildman–Crippen LogP) is 0.667. The molecular formula is C13H14O5. The Morgan fingerprint density at radius 1 is 1.44 bits per heavy atom. The molecule has 18 heavy (non-hydrogen) atoms. The van der Waals surface area contributed by atoms with Crippen LogP contribution in [0.25, 0.3) is 0 Å².